The van der Waals surface area contributed by atoms with Gasteiger partial charge in [0.1, 0.15) is 0 Å². The minimum Gasteiger partial charge on any atom is -1.00 e. The second-order valence-electron chi connectivity index (χ2n) is 7.13. The Hall–Kier alpha value is 1.43. The van der Waals surface area contributed by atoms with E-state index in [1.807, 2.05) is 32.1 Å². The Bertz CT molecular complexity index is 249. The van der Waals surface area contributed by atoms with Crippen molar-refractivity contribution in [2.24, 2.45) is 0 Å². The first-order valence-corrected chi connectivity index (χ1v) is 10.4. The van der Waals surface area contributed by atoms with E-state index in [0.29, 0.717) is 0 Å². The SMILES string of the molecule is C[N+](C)(C)C[C]1[CH][CH][CH][C]1[Si](C)(C)C.[CH]1[CH][CH][CH][CH]1.[Fe+2].[I-]. The molecule has 4 heteroatoms. The smallest absolute Gasteiger partial charge is 1.00 e. The maximum Gasteiger partial charge on any atom is 2.00 e. The Balaban J connectivity index is 0. The first-order chi connectivity index (χ1) is 8.70. The van der Waals surface area contributed by atoms with Crippen LogP contribution in [0, 0.1) is 62.8 Å². The molecular weight excluding hydrogens is 429 g/mol. The largest absolute Gasteiger partial charge is 2.00 e. The van der Waals surface area contributed by atoms with Crippen molar-refractivity contribution in [2.45, 2.75) is 19.6 Å². The van der Waals surface area contributed by atoms with Gasteiger partial charge in [-0.25, -0.2) is 0 Å². The monoisotopic (exact) mass is 457 g/mol. The first kappa shape index (κ1) is 24.7. The maximum absolute atomic E-state index is 2.42. The van der Waals surface area contributed by atoms with Gasteiger partial charge >= 0.3 is 17.1 Å². The molecule has 0 aromatic heterocycles. The molecule has 0 aromatic carbocycles. The second-order valence-corrected chi connectivity index (χ2v) is 12.2. The van der Waals surface area contributed by atoms with Crippen LogP contribution in [0.2, 0.25) is 19.6 Å². The molecule has 10 radical (unpaired) electrons. The van der Waals surface area contributed by atoms with Gasteiger partial charge in [0.15, 0.2) is 0 Å². The average Bonchev–Trinajstić information content (AvgIpc) is 2.84. The van der Waals surface area contributed by atoms with E-state index >= 15 is 0 Å². The summed E-state index contributed by atoms with van der Waals surface area (Å²) < 4.78 is 1.02. The number of rotatable bonds is 3. The van der Waals surface area contributed by atoms with E-state index in [1.165, 1.54) is 0 Å². The first-order valence-electron chi connectivity index (χ1n) is 6.92. The van der Waals surface area contributed by atoms with Crippen LogP contribution in [0.15, 0.2) is 0 Å². The standard InChI is InChI=1S/C12H23NSi.C5H5.Fe.HI/c1-13(2,3)10-11-8-7-9-12(11)14(4,5)6;1-2-4-5-3-1;;/h7-9H,10H2,1-6H3;1-5H;;1H/q+1;;+2;/p-1. The van der Waals surface area contributed by atoms with Crippen molar-refractivity contribution in [3.63, 3.8) is 0 Å². The number of quaternary nitrogens is 1. The van der Waals surface area contributed by atoms with E-state index in [1.54, 1.807) is 11.5 Å². The summed E-state index contributed by atoms with van der Waals surface area (Å²) in [5, 5.41) is 0. The number of hydrogen-bond donors (Lipinski definition) is 0. The van der Waals surface area contributed by atoms with Crippen LogP contribution in [0.4, 0.5) is 0 Å². The van der Waals surface area contributed by atoms with Crippen LogP contribution in [-0.4, -0.2) is 40.2 Å². The Labute approximate surface area is 163 Å². The van der Waals surface area contributed by atoms with Gasteiger partial charge in [0, 0.05) is 5.92 Å². The Morgan fingerprint density at radius 3 is 1.57 bits per heavy atom. The third-order valence-corrected chi connectivity index (χ3v) is 5.02. The summed E-state index contributed by atoms with van der Waals surface area (Å²) in [5.41, 5.74) is 1.63. The zero-order chi connectivity index (χ0) is 14.5. The van der Waals surface area contributed by atoms with E-state index in [2.05, 4.69) is 60.0 Å². The molecule has 21 heavy (non-hydrogen) atoms. The maximum atomic E-state index is 2.42. The molecule has 2 aliphatic rings. The fourth-order valence-corrected chi connectivity index (χ4v) is 3.88. The van der Waals surface area contributed by atoms with Gasteiger partial charge in [-0.3, -0.25) is 0 Å². The average molecular weight is 457 g/mol. The van der Waals surface area contributed by atoms with E-state index < -0.39 is 8.07 Å². The molecule has 2 aliphatic carbocycles. The fourth-order valence-electron chi connectivity index (χ4n) is 2.16. The van der Waals surface area contributed by atoms with Crippen molar-refractivity contribution in [3.05, 3.63) is 62.8 Å². The van der Waals surface area contributed by atoms with Crippen molar-refractivity contribution < 1.29 is 45.5 Å². The van der Waals surface area contributed by atoms with Crippen molar-refractivity contribution >= 4 is 8.07 Å². The van der Waals surface area contributed by atoms with Gasteiger partial charge in [0.25, 0.3) is 0 Å². The molecule has 0 spiro atoms. The third kappa shape index (κ3) is 10.7. The molecule has 118 valence electrons. The Morgan fingerprint density at radius 1 is 0.810 bits per heavy atom. The molecule has 2 rings (SSSR count). The van der Waals surface area contributed by atoms with Crippen LogP contribution in [0.1, 0.15) is 0 Å². The summed E-state index contributed by atoms with van der Waals surface area (Å²) in [6, 6.07) is 0. The molecule has 0 bridgehead atoms. The predicted molar refractivity (Wildman–Crippen MR) is 87.1 cm³/mol. The molecule has 0 N–H and O–H groups in total. The van der Waals surface area contributed by atoms with E-state index in [-0.39, 0.29) is 41.0 Å². The molecule has 0 atom stereocenters. The summed E-state index contributed by atoms with van der Waals surface area (Å²) in [6.07, 6.45) is 16.8. The van der Waals surface area contributed by atoms with E-state index in [9.17, 15) is 0 Å². The zero-order valence-electron chi connectivity index (χ0n) is 14.0. The summed E-state index contributed by atoms with van der Waals surface area (Å²) >= 11 is 0. The van der Waals surface area contributed by atoms with Crippen molar-refractivity contribution in [1.29, 1.82) is 0 Å². The van der Waals surface area contributed by atoms with Crippen LogP contribution in [0.25, 0.3) is 0 Å². The quantitative estimate of drug-likeness (QED) is 0.327. The van der Waals surface area contributed by atoms with Crippen molar-refractivity contribution in [3.8, 4) is 0 Å². The number of nitrogens with zero attached hydrogens (tertiary/aromatic N) is 1. The minimum absolute atomic E-state index is 0. The van der Waals surface area contributed by atoms with Gasteiger partial charge in [-0.15, -0.1) is 0 Å². The summed E-state index contributed by atoms with van der Waals surface area (Å²) in [4.78, 5) is 0. The Morgan fingerprint density at radius 2 is 1.24 bits per heavy atom. The van der Waals surface area contributed by atoms with Gasteiger partial charge < -0.3 is 28.5 Å². The molecule has 2 saturated carbocycles. The van der Waals surface area contributed by atoms with Gasteiger partial charge in [-0.1, -0.05) is 19.6 Å². The van der Waals surface area contributed by atoms with Gasteiger partial charge in [-0.05, 0) is 56.9 Å². The van der Waals surface area contributed by atoms with Crippen LogP contribution in [0.3, 0.4) is 0 Å². The molecule has 0 aromatic rings. The van der Waals surface area contributed by atoms with E-state index in [0.717, 1.165) is 11.0 Å². The molecular formula is C17H28FeINSi+2. The van der Waals surface area contributed by atoms with Crippen molar-refractivity contribution in [1.82, 2.24) is 0 Å². The third-order valence-electron chi connectivity index (χ3n) is 2.91. The van der Waals surface area contributed by atoms with Crippen LogP contribution in [-0.2, 0) is 17.1 Å². The van der Waals surface area contributed by atoms with Gasteiger partial charge in [0.05, 0.1) is 35.8 Å². The van der Waals surface area contributed by atoms with Crippen LogP contribution < -0.4 is 24.0 Å². The molecule has 0 unspecified atom stereocenters. The zero-order valence-corrected chi connectivity index (χ0v) is 18.3. The topological polar surface area (TPSA) is 0 Å². The number of hydrogen-bond acceptors (Lipinski definition) is 0. The van der Waals surface area contributed by atoms with Crippen LogP contribution in [0.5, 0.6) is 0 Å². The van der Waals surface area contributed by atoms with Crippen molar-refractivity contribution in [2.75, 3.05) is 27.7 Å². The van der Waals surface area contributed by atoms with E-state index in [4.69, 9.17) is 0 Å². The summed E-state index contributed by atoms with van der Waals surface area (Å²) in [6.45, 7) is 8.40. The summed E-state index contributed by atoms with van der Waals surface area (Å²) in [5.74, 6) is 1.55. The number of halogens is 1. The molecule has 2 fully saturated rings. The predicted octanol–water partition coefficient (Wildman–Crippen LogP) is 0.368. The second kappa shape index (κ2) is 11.1. The summed E-state index contributed by atoms with van der Waals surface area (Å²) in [7, 11) is 5.62. The molecule has 0 heterocycles. The van der Waals surface area contributed by atoms with Crippen LogP contribution >= 0.6 is 0 Å². The Kier molecular flexibility index (Phi) is 13.0. The van der Waals surface area contributed by atoms with Gasteiger partial charge in [0.2, 0.25) is 0 Å². The molecule has 0 aliphatic heterocycles. The molecule has 0 amide bonds. The molecule has 0 saturated heterocycles. The normalized spacial score (nSPS) is 20.3. The minimum atomic E-state index is -1.14. The molecule has 1 nitrogen and oxygen atoms in total. The van der Waals surface area contributed by atoms with Gasteiger partial charge in [-0.2, -0.15) is 0 Å². The fraction of sp³-hybridized carbons (Fsp3) is 0.412.